The minimum Gasteiger partial charge on any atom is -0.336 e. The molecule has 0 saturated carbocycles. The van der Waals surface area contributed by atoms with E-state index in [9.17, 15) is 4.79 Å². The number of hydrogen-bond acceptors (Lipinski definition) is 3. The van der Waals surface area contributed by atoms with Gasteiger partial charge in [0.05, 0.1) is 6.04 Å². The van der Waals surface area contributed by atoms with Crippen LogP contribution >= 0.6 is 0 Å². The highest BCUT2D eigenvalue weighted by atomic mass is 16.2. The molecular formula is C12H17N3O. The highest BCUT2D eigenvalue weighted by Gasteiger charge is 2.24. The zero-order valence-electron chi connectivity index (χ0n) is 9.73. The van der Waals surface area contributed by atoms with Gasteiger partial charge >= 0.3 is 0 Å². The number of aromatic nitrogens is 1. The highest BCUT2D eigenvalue weighted by Crippen LogP contribution is 2.09. The molecule has 86 valence electrons. The summed E-state index contributed by atoms with van der Waals surface area (Å²) in [5, 5.41) is 3.15. The van der Waals surface area contributed by atoms with Crippen LogP contribution in [0, 0.1) is 6.92 Å². The molecule has 1 saturated heterocycles. The van der Waals surface area contributed by atoms with Crippen LogP contribution in [-0.2, 0) is 11.3 Å². The number of carbonyl (C=O) groups excluding carboxylic acids is 1. The van der Waals surface area contributed by atoms with Gasteiger partial charge in [-0.15, -0.1) is 0 Å². The third kappa shape index (κ3) is 2.39. The van der Waals surface area contributed by atoms with Crippen LogP contribution in [0.2, 0.25) is 0 Å². The number of piperazine rings is 1. The van der Waals surface area contributed by atoms with Gasteiger partial charge in [0, 0.05) is 32.0 Å². The van der Waals surface area contributed by atoms with Crippen LogP contribution < -0.4 is 5.32 Å². The van der Waals surface area contributed by atoms with Crippen molar-refractivity contribution in [1.29, 1.82) is 0 Å². The van der Waals surface area contributed by atoms with Crippen molar-refractivity contribution in [2.45, 2.75) is 26.4 Å². The normalized spacial score (nSPS) is 21.2. The lowest BCUT2D eigenvalue weighted by atomic mass is 10.1. The smallest absolute Gasteiger partial charge is 0.239 e. The molecular weight excluding hydrogens is 202 g/mol. The molecule has 1 aliphatic heterocycles. The van der Waals surface area contributed by atoms with Gasteiger partial charge in [0.15, 0.2) is 0 Å². The summed E-state index contributed by atoms with van der Waals surface area (Å²) in [6.45, 7) is 6.23. The minimum atomic E-state index is -0.0634. The van der Waals surface area contributed by atoms with Gasteiger partial charge in [-0.3, -0.25) is 9.78 Å². The zero-order chi connectivity index (χ0) is 11.5. The molecule has 0 spiro atoms. The average molecular weight is 219 g/mol. The van der Waals surface area contributed by atoms with Crippen LogP contribution in [0.3, 0.4) is 0 Å². The maximum absolute atomic E-state index is 11.9. The lowest BCUT2D eigenvalue weighted by Crippen LogP contribution is -2.53. The third-order valence-corrected chi connectivity index (χ3v) is 2.82. The summed E-state index contributed by atoms with van der Waals surface area (Å²) in [6, 6.07) is 2.01. The number of aryl methyl sites for hydroxylation is 1. The van der Waals surface area contributed by atoms with Crippen LogP contribution in [0.5, 0.6) is 0 Å². The first-order valence-electron chi connectivity index (χ1n) is 5.59. The molecule has 1 amide bonds. The van der Waals surface area contributed by atoms with Gasteiger partial charge in [0.1, 0.15) is 0 Å². The molecule has 1 fully saturated rings. The van der Waals surface area contributed by atoms with Crippen molar-refractivity contribution in [1.82, 2.24) is 15.2 Å². The predicted molar refractivity (Wildman–Crippen MR) is 61.9 cm³/mol. The van der Waals surface area contributed by atoms with Crippen LogP contribution in [0.1, 0.15) is 18.1 Å². The summed E-state index contributed by atoms with van der Waals surface area (Å²) < 4.78 is 0. The summed E-state index contributed by atoms with van der Waals surface area (Å²) in [7, 11) is 0. The first-order chi connectivity index (χ1) is 7.66. The van der Waals surface area contributed by atoms with Crippen molar-refractivity contribution >= 4 is 5.91 Å². The predicted octanol–water partition coefficient (Wildman–Crippen LogP) is 0.710. The van der Waals surface area contributed by atoms with E-state index in [-0.39, 0.29) is 11.9 Å². The van der Waals surface area contributed by atoms with E-state index < -0.39 is 0 Å². The molecule has 0 aliphatic carbocycles. The van der Waals surface area contributed by atoms with E-state index in [0.29, 0.717) is 6.54 Å². The summed E-state index contributed by atoms with van der Waals surface area (Å²) in [6.07, 6.45) is 3.65. The quantitative estimate of drug-likeness (QED) is 0.797. The summed E-state index contributed by atoms with van der Waals surface area (Å²) in [5.41, 5.74) is 2.23. The molecule has 4 nitrogen and oxygen atoms in total. The van der Waals surface area contributed by atoms with Gasteiger partial charge < -0.3 is 10.2 Å². The standard InChI is InChI=1S/C12H17N3O/c1-9-5-11(7-13-6-9)8-15-4-3-14-10(2)12(15)16/h5-7,10,14H,3-4,8H2,1-2H3. The van der Waals surface area contributed by atoms with Gasteiger partial charge in [-0.05, 0) is 25.0 Å². The minimum absolute atomic E-state index is 0.0634. The van der Waals surface area contributed by atoms with E-state index >= 15 is 0 Å². The Hall–Kier alpha value is -1.42. The summed E-state index contributed by atoms with van der Waals surface area (Å²) >= 11 is 0. The number of rotatable bonds is 2. The van der Waals surface area contributed by atoms with Crippen molar-refractivity contribution in [2.75, 3.05) is 13.1 Å². The Morgan fingerprint density at radius 2 is 2.38 bits per heavy atom. The Balaban J connectivity index is 2.06. The summed E-state index contributed by atoms with van der Waals surface area (Å²) in [4.78, 5) is 17.9. The van der Waals surface area contributed by atoms with Crippen LogP contribution in [0.4, 0.5) is 0 Å². The van der Waals surface area contributed by atoms with E-state index in [1.165, 1.54) is 0 Å². The van der Waals surface area contributed by atoms with E-state index in [4.69, 9.17) is 0 Å². The second-order valence-corrected chi connectivity index (χ2v) is 4.31. The highest BCUT2D eigenvalue weighted by molar-refractivity contribution is 5.82. The molecule has 4 heteroatoms. The molecule has 1 N–H and O–H groups in total. The first kappa shape index (κ1) is 11.1. The maximum Gasteiger partial charge on any atom is 0.239 e. The van der Waals surface area contributed by atoms with Crippen LogP contribution in [-0.4, -0.2) is 34.9 Å². The van der Waals surface area contributed by atoms with Crippen molar-refractivity contribution in [3.63, 3.8) is 0 Å². The Kier molecular flexibility index (Phi) is 3.19. The van der Waals surface area contributed by atoms with Crippen molar-refractivity contribution in [3.8, 4) is 0 Å². The largest absolute Gasteiger partial charge is 0.336 e. The topological polar surface area (TPSA) is 45.2 Å². The van der Waals surface area contributed by atoms with Gasteiger partial charge in [-0.25, -0.2) is 0 Å². The van der Waals surface area contributed by atoms with Crippen LogP contribution in [0.15, 0.2) is 18.5 Å². The van der Waals surface area contributed by atoms with Crippen molar-refractivity contribution in [2.24, 2.45) is 0 Å². The number of nitrogens with zero attached hydrogens (tertiary/aromatic N) is 2. The van der Waals surface area contributed by atoms with Gasteiger partial charge in [0.25, 0.3) is 0 Å². The van der Waals surface area contributed by atoms with Gasteiger partial charge in [-0.2, -0.15) is 0 Å². The molecule has 0 aromatic carbocycles. The molecule has 1 unspecified atom stereocenters. The Morgan fingerprint density at radius 3 is 3.12 bits per heavy atom. The van der Waals surface area contributed by atoms with E-state index in [1.807, 2.05) is 31.1 Å². The number of carbonyl (C=O) groups is 1. The number of pyridine rings is 1. The monoisotopic (exact) mass is 219 g/mol. The Bertz CT molecular complexity index is 392. The fraction of sp³-hybridized carbons (Fsp3) is 0.500. The second-order valence-electron chi connectivity index (χ2n) is 4.31. The van der Waals surface area contributed by atoms with E-state index in [2.05, 4.69) is 16.4 Å². The Labute approximate surface area is 95.7 Å². The molecule has 2 rings (SSSR count). The first-order valence-corrected chi connectivity index (χ1v) is 5.59. The van der Waals surface area contributed by atoms with Gasteiger partial charge in [0.2, 0.25) is 5.91 Å². The molecule has 0 bridgehead atoms. The fourth-order valence-electron chi connectivity index (χ4n) is 1.97. The molecule has 2 heterocycles. The van der Waals surface area contributed by atoms with Gasteiger partial charge in [-0.1, -0.05) is 6.07 Å². The molecule has 1 aliphatic rings. The zero-order valence-corrected chi connectivity index (χ0v) is 9.73. The maximum atomic E-state index is 11.9. The molecule has 1 aromatic heterocycles. The van der Waals surface area contributed by atoms with E-state index in [1.54, 1.807) is 0 Å². The summed E-state index contributed by atoms with van der Waals surface area (Å²) in [5.74, 6) is 0.174. The number of amides is 1. The molecule has 16 heavy (non-hydrogen) atoms. The lowest BCUT2D eigenvalue weighted by Gasteiger charge is -2.31. The van der Waals surface area contributed by atoms with E-state index in [0.717, 1.165) is 24.2 Å². The third-order valence-electron chi connectivity index (χ3n) is 2.82. The molecule has 1 aromatic rings. The number of nitrogens with one attached hydrogen (secondary N) is 1. The average Bonchev–Trinajstić information content (AvgIpc) is 2.25. The SMILES string of the molecule is Cc1cncc(CN2CCNC(C)C2=O)c1. The number of hydrogen-bond donors (Lipinski definition) is 1. The Morgan fingerprint density at radius 1 is 1.56 bits per heavy atom. The van der Waals surface area contributed by atoms with Crippen LogP contribution in [0.25, 0.3) is 0 Å². The van der Waals surface area contributed by atoms with Crippen molar-refractivity contribution < 1.29 is 4.79 Å². The molecule has 1 atom stereocenters. The lowest BCUT2D eigenvalue weighted by molar-refractivity contribution is -0.135. The second kappa shape index (κ2) is 4.61. The molecule has 0 radical (unpaired) electrons. The van der Waals surface area contributed by atoms with Crippen molar-refractivity contribution in [3.05, 3.63) is 29.6 Å². The fourth-order valence-corrected chi connectivity index (χ4v) is 1.97.